The summed E-state index contributed by atoms with van der Waals surface area (Å²) in [5, 5.41) is 0. The van der Waals surface area contributed by atoms with E-state index in [4.69, 9.17) is 4.74 Å². The molecule has 1 aromatic heterocycles. The van der Waals surface area contributed by atoms with E-state index in [0.29, 0.717) is 42.5 Å². The standard InChI is InChI=1S/C18H19FN4O2/c1-11-8-22(9-12(2)25-11)18-20-7-15-16(21-18)10-23(17(15)24)14-5-3-4-13(19)6-14/h3-7,11-12H,8-10H2,1-2H3/t11-,12-/m0/s1. The third kappa shape index (κ3) is 2.95. The first-order chi connectivity index (χ1) is 12.0. The molecule has 25 heavy (non-hydrogen) atoms. The number of carbonyl (C=O) groups is 1. The number of benzene rings is 1. The van der Waals surface area contributed by atoms with Crippen molar-refractivity contribution in [1.82, 2.24) is 9.97 Å². The van der Waals surface area contributed by atoms with E-state index in [2.05, 4.69) is 14.9 Å². The van der Waals surface area contributed by atoms with Gasteiger partial charge in [0.2, 0.25) is 5.95 Å². The van der Waals surface area contributed by atoms with Crippen molar-refractivity contribution >= 4 is 17.5 Å². The molecular weight excluding hydrogens is 323 g/mol. The Balaban J connectivity index is 1.61. The molecule has 0 aliphatic carbocycles. The van der Waals surface area contributed by atoms with Crippen molar-refractivity contribution in [3.63, 3.8) is 0 Å². The summed E-state index contributed by atoms with van der Waals surface area (Å²) in [6, 6.07) is 6.01. The highest BCUT2D eigenvalue weighted by atomic mass is 19.1. The zero-order valence-electron chi connectivity index (χ0n) is 14.1. The second-order valence-corrected chi connectivity index (χ2v) is 6.56. The number of hydrogen-bond acceptors (Lipinski definition) is 5. The molecule has 2 atom stereocenters. The van der Waals surface area contributed by atoms with E-state index in [1.165, 1.54) is 17.0 Å². The van der Waals surface area contributed by atoms with Gasteiger partial charge in [0.15, 0.2) is 0 Å². The van der Waals surface area contributed by atoms with Gasteiger partial charge in [0, 0.05) is 25.0 Å². The summed E-state index contributed by atoms with van der Waals surface area (Å²) < 4.78 is 19.2. The smallest absolute Gasteiger partial charge is 0.262 e. The Kier molecular flexibility index (Phi) is 3.88. The van der Waals surface area contributed by atoms with Gasteiger partial charge in [-0.25, -0.2) is 14.4 Å². The number of amides is 1. The number of anilines is 2. The number of hydrogen-bond donors (Lipinski definition) is 0. The molecule has 2 aromatic rings. The minimum absolute atomic E-state index is 0.103. The van der Waals surface area contributed by atoms with E-state index < -0.39 is 0 Å². The van der Waals surface area contributed by atoms with E-state index in [0.717, 1.165) is 0 Å². The quantitative estimate of drug-likeness (QED) is 0.839. The van der Waals surface area contributed by atoms with Crippen LogP contribution in [-0.4, -0.2) is 41.2 Å². The summed E-state index contributed by atoms with van der Waals surface area (Å²) in [6.07, 6.45) is 1.78. The summed E-state index contributed by atoms with van der Waals surface area (Å²) in [5.41, 5.74) is 1.67. The molecule has 0 unspecified atom stereocenters. The molecule has 1 fully saturated rings. The Morgan fingerprint density at radius 3 is 2.72 bits per heavy atom. The summed E-state index contributed by atoms with van der Waals surface area (Å²) in [6.45, 7) is 5.79. The van der Waals surface area contributed by atoms with Gasteiger partial charge in [-0.2, -0.15) is 0 Å². The number of carbonyl (C=O) groups excluding carboxylic acids is 1. The maximum absolute atomic E-state index is 13.5. The molecule has 4 rings (SSSR count). The molecule has 2 aliphatic rings. The van der Waals surface area contributed by atoms with Gasteiger partial charge in [-0.3, -0.25) is 4.79 Å². The van der Waals surface area contributed by atoms with E-state index in [1.807, 2.05) is 13.8 Å². The molecule has 0 radical (unpaired) electrons. The third-order valence-electron chi connectivity index (χ3n) is 4.46. The number of ether oxygens (including phenoxy) is 1. The van der Waals surface area contributed by atoms with E-state index in [-0.39, 0.29) is 23.9 Å². The Bertz CT molecular complexity index is 818. The van der Waals surface area contributed by atoms with Gasteiger partial charge < -0.3 is 14.5 Å². The van der Waals surface area contributed by atoms with Gasteiger partial charge in [-0.1, -0.05) is 6.07 Å². The minimum atomic E-state index is -0.371. The average Bonchev–Trinajstić information content (AvgIpc) is 2.90. The van der Waals surface area contributed by atoms with Gasteiger partial charge in [0.1, 0.15) is 5.82 Å². The molecule has 0 bridgehead atoms. The normalized spacial score (nSPS) is 23.1. The maximum Gasteiger partial charge on any atom is 0.262 e. The van der Waals surface area contributed by atoms with Crippen molar-refractivity contribution < 1.29 is 13.9 Å². The molecule has 1 aromatic carbocycles. The first-order valence-electron chi connectivity index (χ1n) is 8.35. The van der Waals surface area contributed by atoms with Crippen molar-refractivity contribution in [2.75, 3.05) is 22.9 Å². The van der Waals surface area contributed by atoms with Crippen LogP contribution in [0.5, 0.6) is 0 Å². The number of nitrogens with zero attached hydrogens (tertiary/aromatic N) is 4. The van der Waals surface area contributed by atoms with Gasteiger partial charge in [-0.05, 0) is 32.0 Å². The lowest BCUT2D eigenvalue weighted by molar-refractivity contribution is -0.00573. The minimum Gasteiger partial charge on any atom is -0.372 e. The molecular formula is C18H19FN4O2. The van der Waals surface area contributed by atoms with Crippen molar-refractivity contribution in [2.24, 2.45) is 0 Å². The van der Waals surface area contributed by atoms with Crippen molar-refractivity contribution in [2.45, 2.75) is 32.6 Å². The molecule has 0 N–H and O–H groups in total. The molecule has 3 heterocycles. The van der Waals surface area contributed by atoms with Crippen molar-refractivity contribution in [1.29, 1.82) is 0 Å². The van der Waals surface area contributed by atoms with Crippen LogP contribution in [0.1, 0.15) is 29.9 Å². The Morgan fingerprint density at radius 1 is 1.24 bits per heavy atom. The molecule has 130 valence electrons. The second kappa shape index (κ2) is 6.07. The Morgan fingerprint density at radius 2 is 2.00 bits per heavy atom. The van der Waals surface area contributed by atoms with Crippen LogP contribution in [-0.2, 0) is 11.3 Å². The summed E-state index contributed by atoms with van der Waals surface area (Å²) in [7, 11) is 0. The zero-order valence-corrected chi connectivity index (χ0v) is 14.1. The SMILES string of the molecule is C[C@H]1CN(c2ncc3c(n2)CN(c2cccc(F)c2)C3=O)C[C@H](C)O1. The molecule has 1 amide bonds. The van der Waals surface area contributed by atoms with Gasteiger partial charge in [0.25, 0.3) is 5.91 Å². The largest absolute Gasteiger partial charge is 0.372 e. The first-order valence-corrected chi connectivity index (χ1v) is 8.35. The Labute approximate surface area is 145 Å². The summed E-state index contributed by atoms with van der Waals surface area (Å²) in [5.74, 6) is 0.0369. The number of rotatable bonds is 2. The molecule has 2 aliphatic heterocycles. The number of aromatic nitrogens is 2. The van der Waals surface area contributed by atoms with Crippen LogP contribution in [0, 0.1) is 5.82 Å². The van der Waals surface area contributed by atoms with E-state index in [9.17, 15) is 9.18 Å². The van der Waals surface area contributed by atoms with Gasteiger partial charge in [-0.15, -0.1) is 0 Å². The lowest BCUT2D eigenvalue weighted by Crippen LogP contribution is -2.46. The molecule has 0 saturated carbocycles. The second-order valence-electron chi connectivity index (χ2n) is 6.56. The third-order valence-corrected chi connectivity index (χ3v) is 4.46. The van der Waals surface area contributed by atoms with E-state index >= 15 is 0 Å². The van der Waals surface area contributed by atoms with Crippen LogP contribution in [0.4, 0.5) is 16.0 Å². The summed E-state index contributed by atoms with van der Waals surface area (Å²) >= 11 is 0. The lowest BCUT2D eigenvalue weighted by Gasteiger charge is -2.35. The molecule has 7 heteroatoms. The van der Waals surface area contributed by atoms with Gasteiger partial charge in [0.05, 0.1) is 30.0 Å². The predicted octanol–water partition coefficient (Wildman–Crippen LogP) is 2.39. The first kappa shape index (κ1) is 16.0. The monoisotopic (exact) mass is 342 g/mol. The molecule has 6 nitrogen and oxygen atoms in total. The fraction of sp³-hybridized carbons (Fsp3) is 0.389. The predicted molar refractivity (Wildman–Crippen MR) is 91.2 cm³/mol. The van der Waals surface area contributed by atoms with Crippen LogP contribution in [0.3, 0.4) is 0 Å². The van der Waals surface area contributed by atoms with Crippen molar-refractivity contribution in [3.05, 3.63) is 47.5 Å². The van der Waals surface area contributed by atoms with Gasteiger partial charge >= 0.3 is 0 Å². The summed E-state index contributed by atoms with van der Waals surface area (Å²) in [4.78, 5) is 25.2. The molecule has 1 saturated heterocycles. The Hall–Kier alpha value is -2.54. The highest BCUT2D eigenvalue weighted by molar-refractivity contribution is 6.09. The highest BCUT2D eigenvalue weighted by Crippen LogP contribution is 2.28. The van der Waals surface area contributed by atoms with Crippen molar-refractivity contribution in [3.8, 4) is 0 Å². The van der Waals surface area contributed by atoms with Crippen LogP contribution >= 0.6 is 0 Å². The number of morpholine rings is 1. The number of halogens is 1. The highest BCUT2D eigenvalue weighted by Gasteiger charge is 2.32. The van der Waals surface area contributed by atoms with Crippen LogP contribution in [0.15, 0.2) is 30.5 Å². The number of fused-ring (bicyclic) bond motifs is 1. The lowest BCUT2D eigenvalue weighted by atomic mass is 10.2. The molecule has 0 spiro atoms. The van der Waals surface area contributed by atoms with Crippen LogP contribution in [0.2, 0.25) is 0 Å². The van der Waals surface area contributed by atoms with Crippen LogP contribution < -0.4 is 9.80 Å². The topological polar surface area (TPSA) is 58.6 Å². The fourth-order valence-electron chi connectivity index (χ4n) is 3.42. The fourth-order valence-corrected chi connectivity index (χ4v) is 3.42. The maximum atomic E-state index is 13.5. The zero-order chi connectivity index (χ0) is 17.6. The average molecular weight is 342 g/mol. The van der Waals surface area contributed by atoms with Crippen LogP contribution in [0.25, 0.3) is 0 Å². The van der Waals surface area contributed by atoms with E-state index in [1.54, 1.807) is 18.3 Å².